The lowest BCUT2D eigenvalue weighted by atomic mass is 10.1. The second-order valence-electron chi connectivity index (χ2n) is 3.72. The van der Waals surface area contributed by atoms with Gasteiger partial charge in [0.05, 0.1) is 5.69 Å². The molecular weight excluding hydrogens is 205 g/mol. The maximum Gasteiger partial charge on any atom is 0.132 e. The molecular formula is C12H14FN3. The van der Waals surface area contributed by atoms with Crippen LogP contribution in [0.4, 0.5) is 10.1 Å². The van der Waals surface area contributed by atoms with Crippen molar-refractivity contribution in [3.63, 3.8) is 0 Å². The predicted molar refractivity (Wildman–Crippen MR) is 62.4 cm³/mol. The van der Waals surface area contributed by atoms with Crippen molar-refractivity contribution < 1.29 is 4.39 Å². The zero-order chi connectivity index (χ0) is 11.7. The molecule has 0 aliphatic carbocycles. The van der Waals surface area contributed by atoms with Crippen molar-refractivity contribution >= 4 is 5.69 Å². The Labute approximate surface area is 93.7 Å². The second kappa shape index (κ2) is 3.96. The number of rotatable bonds is 2. The summed E-state index contributed by atoms with van der Waals surface area (Å²) in [7, 11) is 0. The van der Waals surface area contributed by atoms with E-state index in [4.69, 9.17) is 5.73 Å². The molecule has 0 aliphatic rings. The maximum absolute atomic E-state index is 13.8. The minimum Gasteiger partial charge on any atom is -0.398 e. The average Bonchev–Trinajstić information content (AvgIpc) is 2.71. The van der Waals surface area contributed by atoms with E-state index in [9.17, 15) is 4.39 Å². The highest BCUT2D eigenvalue weighted by molar-refractivity contribution is 5.67. The fourth-order valence-electron chi connectivity index (χ4n) is 1.70. The molecule has 0 unspecified atom stereocenters. The Morgan fingerprint density at radius 2 is 2.19 bits per heavy atom. The van der Waals surface area contributed by atoms with Crippen LogP contribution in [0, 0.1) is 12.7 Å². The lowest BCUT2D eigenvalue weighted by Gasteiger charge is -2.08. The quantitative estimate of drug-likeness (QED) is 0.789. The van der Waals surface area contributed by atoms with E-state index in [1.54, 1.807) is 29.9 Å². The molecule has 0 spiro atoms. The van der Waals surface area contributed by atoms with Crippen LogP contribution in [-0.4, -0.2) is 9.78 Å². The van der Waals surface area contributed by atoms with Gasteiger partial charge in [-0.05, 0) is 37.6 Å². The summed E-state index contributed by atoms with van der Waals surface area (Å²) in [5.41, 5.74) is 8.40. The first kappa shape index (κ1) is 10.7. The van der Waals surface area contributed by atoms with Crippen molar-refractivity contribution in [1.82, 2.24) is 9.78 Å². The van der Waals surface area contributed by atoms with Crippen LogP contribution in [0.3, 0.4) is 0 Å². The lowest BCUT2D eigenvalue weighted by molar-refractivity contribution is 0.621. The summed E-state index contributed by atoms with van der Waals surface area (Å²) in [6.07, 6.45) is 1.66. The van der Waals surface area contributed by atoms with E-state index in [-0.39, 0.29) is 5.82 Å². The van der Waals surface area contributed by atoms with Gasteiger partial charge < -0.3 is 5.73 Å². The van der Waals surface area contributed by atoms with Gasteiger partial charge in [-0.2, -0.15) is 5.10 Å². The van der Waals surface area contributed by atoms with Crippen LogP contribution >= 0.6 is 0 Å². The number of hydrogen-bond donors (Lipinski definition) is 1. The Balaban J connectivity index is 2.60. The lowest BCUT2D eigenvalue weighted by Crippen LogP contribution is -2.01. The number of halogens is 1. The molecule has 1 aromatic carbocycles. The molecule has 2 rings (SSSR count). The van der Waals surface area contributed by atoms with Crippen molar-refractivity contribution in [2.24, 2.45) is 0 Å². The normalized spacial score (nSPS) is 10.7. The molecule has 3 nitrogen and oxygen atoms in total. The molecule has 0 saturated heterocycles. The smallest absolute Gasteiger partial charge is 0.132 e. The molecule has 1 aromatic heterocycles. The molecule has 0 amide bonds. The third-order valence-corrected chi connectivity index (χ3v) is 2.65. The van der Waals surface area contributed by atoms with E-state index in [0.29, 0.717) is 17.8 Å². The molecule has 0 atom stereocenters. The predicted octanol–water partition coefficient (Wildman–Crippen LogP) is 2.60. The average molecular weight is 219 g/mol. The topological polar surface area (TPSA) is 43.8 Å². The molecule has 2 N–H and O–H groups in total. The van der Waals surface area contributed by atoms with E-state index in [1.165, 1.54) is 6.07 Å². The first-order valence-corrected chi connectivity index (χ1v) is 5.21. The van der Waals surface area contributed by atoms with Crippen LogP contribution in [0.1, 0.15) is 12.5 Å². The summed E-state index contributed by atoms with van der Waals surface area (Å²) in [6, 6.07) is 4.90. The number of nitrogen functional groups attached to an aromatic ring is 1. The van der Waals surface area contributed by atoms with Gasteiger partial charge in [-0.25, -0.2) is 4.39 Å². The summed E-state index contributed by atoms with van der Waals surface area (Å²) in [4.78, 5) is 0. The third-order valence-electron chi connectivity index (χ3n) is 2.65. The van der Waals surface area contributed by atoms with E-state index in [0.717, 1.165) is 11.3 Å². The van der Waals surface area contributed by atoms with Crippen molar-refractivity contribution in [2.45, 2.75) is 20.4 Å². The molecule has 0 aliphatic heterocycles. The number of nitrogens with two attached hydrogens (primary N) is 1. The molecule has 16 heavy (non-hydrogen) atoms. The van der Waals surface area contributed by atoms with Crippen molar-refractivity contribution in [3.05, 3.63) is 35.8 Å². The number of anilines is 1. The van der Waals surface area contributed by atoms with Gasteiger partial charge in [-0.15, -0.1) is 0 Å². The van der Waals surface area contributed by atoms with Gasteiger partial charge >= 0.3 is 0 Å². The van der Waals surface area contributed by atoms with E-state index >= 15 is 0 Å². The molecule has 0 radical (unpaired) electrons. The fraction of sp³-hybridized carbons (Fsp3) is 0.250. The van der Waals surface area contributed by atoms with Gasteiger partial charge in [0, 0.05) is 24.0 Å². The molecule has 0 saturated carbocycles. The number of benzene rings is 1. The van der Waals surface area contributed by atoms with Crippen LogP contribution < -0.4 is 5.73 Å². The monoisotopic (exact) mass is 219 g/mol. The number of aromatic nitrogens is 2. The first-order valence-electron chi connectivity index (χ1n) is 5.21. The van der Waals surface area contributed by atoms with Crippen LogP contribution in [0.25, 0.3) is 11.3 Å². The van der Waals surface area contributed by atoms with Gasteiger partial charge in [0.1, 0.15) is 5.82 Å². The Bertz CT molecular complexity index is 517. The van der Waals surface area contributed by atoms with Gasteiger partial charge in [0.2, 0.25) is 0 Å². The zero-order valence-corrected chi connectivity index (χ0v) is 9.37. The van der Waals surface area contributed by atoms with Crippen LogP contribution in [0.2, 0.25) is 0 Å². The first-order chi connectivity index (χ1) is 7.63. The minimum atomic E-state index is -0.262. The van der Waals surface area contributed by atoms with E-state index in [2.05, 4.69) is 5.10 Å². The summed E-state index contributed by atoms with van der Waals surface area (Å²) in [5, 5.41) is 4.11. The summed E-state index contributed by atoms with van der Waals surface area (Å²) in [6.45, 7) is 4.46. The van der Waals surface area contributed by atoms with Gasteiger partial charge in [0.15, 0.2) is 0 Å². The van der Waals surface area contributed by atoms with E-state index in [1.807, 2.05) is 6.92 Å². The van der Waals surface area contributed by atoms with Crippen molar-refractivity contribution in [2.75, 3.05) is 5.73 Å². The Kier molecular flexibility index (Phi) is 2.64. The van der Waals surface area contributed by atoms with Gasteiger partial charge in [-0.1, -0.05) is 0 Å². The summed E-state index contributed by atoms with van der Waals surface area (Å²) in [5.74, 6) is -0.262. The highest BCUT2D eigenvalue weighted by atomic mass is 19.1. The highest BCUT2D eigenvalue weighted by Crippen LogP contribution is 2.26. The maximum atomic E-state index is 13.8. The summed E-state index contributed by atoms with van der Waals surface area (Å²) < 4.78 is 15.6. The SMILES string of the molecule is CCn1nccc1-c1cc(N)c(C)cc1F. The molecule has 0 fully saturated rings. The van der Waals surface area contributed by atoms with Crippen LogP contribution in [0.15, 0.2) is 24.4 Å². The fourth-order valence-corrected chi connectivity index (χ4v) is 1.70. The molecule has 84 valence electrons. The van der Waals surface area contributed by atoms with Gasteiger partial charge in [-0.3, -0.25) is 4.68 Å². The van der Waals surface area contributed by atoms with Crippen molar-refractivity contribution in [1.29, 1.82) is 0 Å². The molecule has 1 heterocycles. The number of aryl methyl sites for hydroxylation is 2. The second-order valence-corrected chi connectivity index (χ2v) is 3.72. The molecule has 2 aromatic rings. The van der Waals surface area contributed by atoms with E-state index < -0.39 is 0 Å². The van der Waals surface area contributed by atoms with Crippen molar-refractivity contribution in [3.8, 4) is 11.3 Å². The largest absolute Gasteiger partial charge is 0.398 e. The Morgan fingerprint density at radius 3 is 2.88 bits per heavy atom. The van der Waals surface area contributed by atoms with Crippen LogP contribution in [-0.2, 0) is 6.54 Å². The number of hydrogen-bond acceptors (Lipinski definition) is 2. The Morgan fingerprint density at radius 1 is 1.44 bits per heavy atom. The number of nitrogens with zero attached hydrogens (tertiary/aromatic N) is 2. The zero-order valence-electron chi connectivity index (χ0n) is 9.37. The van der Waals surface area contributed by atoms with Crippen LogP contribution in [0.5, 0.6) is 0 Å². The molecule has 0 bridgehead atoms. The standard InChI is InChI=1S/C12H14FN3/c1-3-16-12(4-5-15-16)9-7-11(14)8(2)6-10(9)13/h4-7H,3,14H2,1-2H3. The minimum absolute atomic E-state index is 0.262. The summed E-state index contributed by atoms with van der Waals surface area (Å²) >= 11 is 0. The molecule has 4 heteroatoms. The third kappa shape index (κ3) is 1.66. The Hall–Kier alpha value is -1.84. The van der Waals surface area contributed by atoms with Gasteiger partial charge in [0.25, 0.3) is 0 Å². The highest BCUT2D eigenvalue weighted by Gasteiger charge is 2.11.